The standard InChI is InChI=1S/C36H37ClN6O5/c1-23-27(5-4-6-29(23)26-7-8-33-31(13-26)41-22-43(33)10-9-42(2)3)21-48-35-14-34(47-20-25-11-24(15-38)16-39-17-25)28(12-30(35)37)18-40-32(19-44)36(45)46/h4-8,11-14,16-17,22,32,40,44H,9-10,18-21H2,1-3H3,(H,45,46). The maximum atomic E-state index is 11.5. The van der Waals surface area contributed by atoms with Crippen molar-refractivity contribution in [3.05, 3.63) is 106 Å². The first-order valence-electron chi connectivity index (χ1n) is 15.3. The van der Waals surface area contributed by atoms with Crippen LogP contribution in [0.3, 0.4) is 0 Å². The minimum absolute atomic E-state index is 0.0583. The zero-order valence-corrected chi connectivity index (χ0v) is 27.7. The Morgan fingerprint density at radius 1 is 1.08 bits per heavy atom. The number of rotatable bonds is 15. The molecule has 11 nitrogen and oxygen atoms in total. The van der Waals surface area contributed by atoms with E-state index in [9.17, 15) is 20.3 Å². The molecular weight excluding hydrogens is 632 g/mol. The predicted octanol–water partition coefficient (Wildman–Crippen LogP) is 5.19. The number of pyridine rings is 1. The van der Waals surface area contributed by atoms with Gasteiger partial charge in [-0.05, 0) is 67.5 Å². The van der Waals surface area contributed by atoms with E-state index in [0.29, 0.717) is 33.2 Å². The Bertz CT molecular complexity index is 1950. The molecule has 48 heavy (non-hydrogen) atoms. The highest BCUT2D eigenvalue weighted by atomic mass is 35.5. The van der Waals surface area contributed by atoms with E-state index in [1.165, 1.54) is 6.20 Å². The maximum absolute atomic E-state index is 11.5. The number of aliphatic hydroxyl groups is 1. The first kappa shape index (κ1) is 34.3. The SMILES string of the molecule is Cc1c(COc2cc(OCc3cncc(C#N)c3)c(CNC(CO)C(=O)O)cc2Cl)cccc1-c1ccc2c(c1)ncn2CCN(C)C. The van der Waals surface area contributed by atoms with Crippen LogP contribution in [0.25, 0.3) is 22.2 Å². The third-order valence-corrected chi connectivity index (χ3v) is 8.30. The largest absolute Gasteiger partial charge is 0.488 e. The van der Waals surface area contributed by atoms with Gasteiger partial charge < -0.3 is 29.2 Å². The van der Waals surface area contributed by atoms with Gasteiger partial charge in [-0.25, -0.2) is 4.98 Å². The molecule has 1 atom stereocenters. The number of fused-ring (bicyclic) bond motifs is 1. The average Bonchev–Trinajstić information content (AvgIpc) is 3.49. The number of nitrogens with one attached hydrogen (secondary N) is 1. The predicted molar refractivity (Wildman–Crippen MR) is 183 cm³/mol. The van der Waals surface area contributed by atoms with E-state index in [4.69, 9.17) is 21.1 Å². The summed E-state index contributed by atoms with van der Waals surface area (Å²) in [5, 5.41) is 31.2. The average molecular weight is 669 g/mol. The molecule has 5 aromatic rings. The fraction of sp³-hybridized carbons (Fsp3) is 0.278. The number of nitrogens with zero attached hydrogens (tertiary/aromatic N) is 5. The van der Waals surface area contributed by atoms with Gasteiger partial charge in [-0.3, -0.25) is 15.1 Å². The molecule has 3 aromatic carbocycles. The Balaban J connectivity index is 1.37. The summed E-state index contributed by atoms with van der Waals surface area (Å²) < 4.78 is 14.5. The molecule has 0 spiro atoms. The van der Waals surface area contributed by atoms with Crippen molar-refractivity contribution in [3.8, 4) is 28.7 Å². The van der Waals surface area contributed by atoms with Crippen LogP contribution in [0.5, 0.6) is 11.5 Å². The van der Waals surface area contributed by atoms with Gasteiger partial charge in [0.1, 0.15) is 36.8 Å². The first-order chi connectivity index (χ1) is 23.2. The lowest BCUT2D eigenvalue weighted by Crippen LogP contribution is -2.39. The second-order valence-electron chi connectivity index (χ2n) is 11.7. The molecule has 5 rings (SSSR count). The quantitative estimate of drug-likeness (QED) is 0.136. The van der Waals surface area contributed by atoms with Crippen LogP contribution < -0.4 is 14.8 Å². The molecule has 0 saturated heterocycles. The number of imidazole rings is 1. The summed E-state index contributed by atoms with van der Waals surface area (Å²) in [6.45, 7) is 3.65. The summed E-state index contributed by atoms with van der Waals surface area (Å²) in [7, 11) is 4.11. The highest BCUT2D eigenvalue weighted by Gasteiger charge is 2.19. The van der Waals surface area contributed by atoms with E-state index in [-0.39, 0.29) is 19.8 Å². The molecule has 2 aromatic heterocycles. The van der Waals surface area contributed by atoms with Crippen molar-refractivity contribution >= 4 is 28.6 Å². The van der Waals surface area contributed by atoms with Crippen molar-refractivity contribution < 1.29 is 24.5 Å². The van der Waals surface area contributed by atoms with Gasteiger partial charge in [0.25, 0.3) is 0 Å². The number of carboxylic acid groups (broad SMARTS) is 1. The fourth-order valence-electron chi connectivity index (χ4n) is 5.24. The Morgan fingerprint density at radius 3 is 2.65 bits per heavy atom. The molecule has 0 radical (unpaired) electrons. The number of hydrogen-bond acceptors (Lipinski definition) is 9. The summed E-state index contributed by atoms with van der Waals surface area (Å²) in [5.74, 6) is -0.404. The molecule has 3 N–H and O–H groups in total. The van der Waals surface area contributed by atoms with Crippen LogP contribution in [0.2, 0.25) is 5.02 Å². The van der Waals surface area contributed by atoms with Crippen LogP contribution >= 0.6 is 11.6 Å². The summed E-state index contributed by atoms with van der Waals surface area (Å²) in [6, 6.07) is 18.3. The molecule has 0 aliphatic heterocycles. The molecule has 2 heterocycles. The summed E-state index contributed by atoms with van der Waals surface area (Å²) >= 11 is 6.67. The third-order valence-electron chi connectivity index (χ3n) is 8.00. The molecule has 0 aliphatic rings. The lowest BCUT2D eigenvalue weighted by atomic mass is 9.96. The third kappa shape index (κ3) is 8.29. The van der Waals surface area contributed by atoms with Crippen LogP contribution in [0.4, 0.5) is 0 Å². The Labute approximate surface area is 284 Å². The smallest absolute Gasteiger partial charge is 0.323 e. The molecule has 0 fully saturated rings. The lowest BCUT2D eigenvalue weighted by Gasteiger charge is -2.18. The van der Waals surface area contributed by atoms with Gasteiger partial charge in [-0.1, -0.05) is 35.9 Å². The molecule has 12 heteroatoms. The Morgan fingerprint density at radius 2 is 1.90 bits per heavy atom. The van der Waals surface area contributed by atoms with Crippen LogP contribution in [-0.2, 0) is 31.1 Å². The Hall–Kier alpha value is -4.99. The minimum atomic E-state index is -1.18. The summed E-state index contributed by atoms with van der Waals surface area (Å²) in [4.78, 5) is 22.3. The zero-order chi connectivity index (χ0) is 34.2. The lowest BCUT2D eigenvalue weighted by molar-refractivity contribution is -0.140. The number of aliphatic carboxylic acids is 1. The van der Waals surface area contributed by atoms with E-state index >= 15 is 0 Å². The number of ether oxygens (including phenoxy) is 2. The van der Waals surface area contributed by atoms with Crippen molar-refractivity contribution in [1.82, 2.24) is 24.8 Å². The number of carboxylic acids is 1. The van der Waals surface area contributed by atoms with Gasteiger partial charge in [-0.15, -0.1) is 0 Å². The number of aliphatic hydroxyl groups excluding tert-OH is 1. The topological polar surface area (TPSA) is 146 Å². The molecule has 0 aliphatic carbocycles. The van der Waals surface area contributed by atoms with Crippen molar-refractivity contribution in [2.45, 2.75) is 39.3 Å². The van der Waals surface area contributed by atoms with Crippen LogP contribution in [0, 0.1) is 18.3 Å². The Kier molecular flexibility index (Phi) is 11.3. The number of halogens is 1. The normalized spacial score (nSPS) is 11.9. The monoisotopic (exact) mass is 668 g/mol. The summed E-state index contributed by atoms with van der Waals surface area (Å²) in [6.07, 6.45) is 4.95. The number of hydrogen-bond donors (Lipinski definition) is 3. The van der Waals surface area contributed by atoms with Crippen LogP contribution in [0.1, 0.15) is 27.8 Å². The molecule has 1 unspecified atom stereocenters. The molecule has 0 saturated carbocycles. The van der Waals surface area contributed by atoms with E-state index in [1.54, 1.807) is 24.4 Å². The zero-order valence-electron chi connectivity index (χ0n) is 27.0. The van der Waals surface area contributed by atoms with Crippen molar-refractivity contribution in [1.29, 1.82) is 5.26 Å². The fourth-order valence-corrected chi connectivity index (χ4v) is 5.48. The van der Waals surface area contributed by atoms with E-state index in [1.807, 2.05) is 18.5 Å². The van der Waals surface area contributed by atoms with Crippen LogP contribution in [0.15, 0.2) is 73.3 Å². The van der Waals surface area contributed by atoms with Gasteiger partial charge in [0.2, 0.25) is 0 Å². The van der Waals surface area contributed by atoms with Gasteiger partial charge in [0.15, 0.2) is 0 Å². The number of carbonyl (C=O) groups is 1. The minimum Gasteiger partial charge on any atom is -0.488 e. The van der Waals surface area contributed by atoms with Gasteiger partial charge in [0, 0.05) is 49.2 Å². The molecular formula is C36H37ClN6O5. The number of aromatic nitrogens is 3. The molecule has 0 amide bonds. The van der Waals surface area contributed by atoms with E-state index in [0.717, 1.165) is 46.4 Å². The van der Waals surface area contributed by atoms with Gasteiger partial charge >= 0.3 is 5.97 Å². The van der Waals surface area contributed by atoms with Crippen molar-refractivity contribution in [3.63, 3.8) is 0 Å². The van der Waals surface area contributed by atoms with Crippen molar-refractivity contribution in [2.24, 2.45) is 0 Å². The number of nitriles is 1. The molecule has 0 bridgehead atoms. The number of likely N-dealkylation sites (N-methyl/N-ethyl adjacent to an activating group) is 1. The first-order valence-corrected chi connectivity index (χ1v) is 15.7. The summed E-state index contributed by atoms with van der Waals surface area (Å²) in [5.41, 5.74) is 7.83. The van der Waals surface area contributed by atoms with Gasteiger partial charge in [-0.2, -0.15) is 5.26 Å². The van der Waals surface area contributed by atoms with E-state index in [2.05, 4.69) is 76.1 Å². The second kappa shape index (κ2) is 15.7. The number of benzene rings is 3. The van der Waals surface area contributed by atoms with E-state index < -0.39 is 18.6 Å². The van der Waals surface area contributed by atoms with Crippen LogP contribution in [-0.4, -0.2) is 68.9 Å². The highest BCUT2D eigenvalue weighted by Crippen LogP contribution is 2.35. The molecule has 248 valence electrons. The second-order valence-corrected chi connectivity index (χ2v) is 12.1. The highest BCUT2D eigenvalue weighted by molar-refractivity contribution is 6.32. The van der Waals surface area contributed by atoms with Crippen molar-refractivity contribution in [2.75, 3.05) is 27.2 Å². The van der Waals surface area contributed by atoms with Gasteiger partial charge in [0.05, 0.1) is 34.6 Å². The maximum Gasteiger partial charge on any atom is 0.323 e.